The van der Waals surface area contributed by atoms with E-state index in [0.29, 0.717) is 0 Å². The van der Waals surface area contributed by atoms with Crippen molar-refractivity contribution in [1.82, 2.24) is 0 Å². The molecule has 5 nitrogen and oxygen atoms in total. The van der Waals surface area contributed by atoms with Crippen LogP contribution in [0.4, 0.5) is 0 Å². The summed E-state index contributed by atoms with van der Waals surface area (Å²) in [4.78, 5) is 3.38. The van der Waals surface area contributed by atoms with Gasteiger partial charge in [-0.2, -0.15) is 0 Å². The van der Waals surface area contributed by atoms with Crippen molar-refractivity contribution in [2.24, 2.45) is 0 Å². The fourth-order valence-corrected chi connectivity index (χ4v) is 3.59. The van der Waals surface area contributed by atoms with Gasteiger partial charge in [0.15, 0.2) is 6.20 Å². The van der Waals surface area contributed by atoms with Crippen molar-refractivity contribution in [1.29, 1.82) is 0 Å². The lowest BCUT2D eigenvalue weighted by Gasteiger charge is -2.17. The predicted molar refractivity (Wildman–Crippen MR) is 101 cm³/mol. The molecule has 0 radical (unpaired) electrons. The van der Waals surface area contributed by atoms with Gasteiger partial charge in [-0.05, 0) is 51.2 Å². The maximum absolute atomic E-state index is 8.49. The van der Waals surface area contributed by atoms with Gasteiger partial charge in [-0.25, -0.2) is 23.6 Å². The summed E-state index contributed by atoms with van der Waals surface area (Å²) in [5.41, 5.74) is 2.39. The fourth-order valence-electron chi connectivity index (χ4n) is 3.59. The molecule has 0 spiro atoms. The second-order valence-electron chi connectivity index (χ2n) is 6.54. The standard InChI is InChI=1S/C23H15N.ClHO4/c1-2-7-18-15-21-19(14-17(18)6-1)12-11-16-8-5-9-20(23(16)21)22-10-3-4-13-24-22;2-1(3,4)5/h1-15H;(H,2,3,4,5). The molecule has 0 saturated carbocycles. The summed E-state index contributed by atoms with van der Waals surface area (Å²) in [5, 5.41) is 7.73. The molecular weight excluding hydrogens is 390 g/mol. The SMILES string of the molecule is [O-][Cl+3]([O-])([O-])[O-].c1ccc(-c2cccc3ccc4cc5ccccc5cc4c23)[nH+]c1. The third-order valence-electron chi connectivity index (χ3n) is 4.73. The highest BCUT2D eigenvalue weighted by molar-refractivity contribution is 6.16. The lowest BCUT2D eigenvalue weighted by molar-refractivity contribution is -2.00. The number of hydrogen-bond donors (Lipinski definition) is 0. The predicted octanol–water partition coefficient (Wildman–Crippen LogP) is 0.871. The zero-order valence-corrected chi connectivity index (χ0v) is 15.9. The van der Waals surface area contributed by atoms with Crippen LogP contribution >= 0.6 is 0 Å². The third kappa shape index (κ3) is 4.35. The zero-order valence-electron chi connectivity index (χ0n) is 15.2. The largest absolute Gasteiger partial charge is 0.222 e. The van der Waals surface area contributed by atoms with Crippen LogP contribution in [0.3, 0.4) is 0 Å². The summed E-state index contributed by atoms with van der Waals surface area (Å²) in [6.07, 6.45) is 1.98. The number of fused-ring (bicyclic) bond motifs is 4. The molecule has 0 atom stereocenters. The molecule has 144 valence electrons. The van der Waals surface area contributed by atoms with Crippen LogP contribution in [0.15, 0.2) is 91.1 Å². The van der Waals surface area contributed by atoms with Crippen LogP contribution in [-0.4, -0.2) is 0 Å². The summed E-state index contributed by atoms with van der Waals surface area (Å²) in [5.74, 6) is 0. The van der Waals surface area contributed by atoms with Gasteiger partial charge in [0.05, 0.1) is 5.56 Å². The van der Waals surface area contributed by atoms with Crippen LogP contribution in [0.2, 0.25) is 0 Å². The van der Waals surface area contributed by atoms with Crippen molar-refractivity contribution in [2.75, 3.05) is 0 Å². The van der Waals surface area contributed by atoms with E-state index in [4.69, 9.17) is 18.6 Å². The van der Waals surface area contributed by atoms with Gasteiger partial charge in [-0.1, -0.05) is 48.5 Å². The second-order valence-corrected chi connectivity index (χ2v) is 7.30. The summed E-state index contributed by atoms with van der Waals surface area (Å²) in [6.45, 7) is 0. The van der Waals surface area contributed by atoms with Gasteiger partial charge in [0.1, 0.15) is 0 Å². The van der Waals surface area contributed by atoms with Crippen LogP contribution in [0.25, 0.3) is 43.6 Å². The van der Waals surface area contributed by atoms with Crippen molar-refractivity contribution in [3.8, 4) is 11.3 Å². The number of H-pyrrole nitrogens is 1. The molecule has 1 aromatic heterocycles. The first kappa shape index (κ1) is 19.3. The van der Waals surface area contributed by atoms with Crippen LogP contribution < -0.4 is 23.6 Å². The minimum atomic E-state index is -4.94. The minimum absolute atomic E-state index is 1.14. The highest BCUT2D eigenvalue weighted by atomic mass is 35.7. The Bertz CT molecular complexity index is 1290. The monoisotopic (exact) mass is 405 g/mol. The highest BCUT2D eigenvalue weighted by Crippen LogP contribution is 2.34. The smallest absolute Gasteiger partial charge is 0.211 e. The first-order valence-electron chi connectivity index (χ1n) is 8.83. The van der Waals surface area contributed by atoms with E-state index < -0.39 is 10.2 Å². The molecule has 6 heteroatoms. The molecule has 29 heavy (non-hydrogen) atoms. The van der Waals surface area contributed by atoms with Gasteiger partial charge in [0, 0.05) is 17.5 Å². The van der Waals surface area contributed by atoms with Gasteiger partial charge < -0.3 is 0 Å². The number of hydrogen-bond acceptors (Lipinski definition) is 4. The number of aromatic nitrogens is 1. The van der Waals surface area contributed by atoms with E-state index in [1.54, 1.807) is 0 Å². The van der Waals surface area contributed by atoms with E-state index in [2.05, 4.69) is 83.8 Å². The van der Waals surface area contributed by atoms with Crippen LogP contribution in [0.5, 0.6) is 0 Å². The molecule has 0 aliphatic rings. The molecule has 0 amide bonds. The molecule has 1 heterocycles. The minimum Gasteiger partial charge on any atom is -0.222 e. The van der Waals surface area contributed by atoms with E-state index >= 15 is 0 Å². The molecular formula is C23H16ClNO4. The van der Waals surface area contributed by atoms with Crippen LogP contribution in [-0.2, 0) is 0 Å². The number of halogens is 1. The molecule has 5 aromatic rings. The van der Waals surface area contributed by atoms with Crippen LogP contribution in [0, 0.1) is 10.2 Å². The van der Waals surface area contributed by atoms with E-state index in [9.17, 15) is 0 Å². The average Bonchev–Trinajstić information content (AvgIpc) is 2.71. The van der Waals surface area contributed by atoms with Crippen molar-refractivity contribution < 1.29 is 33.9 Å². The molecule has 1 N–H and O–H groups in total. The summed E-state index contributed by atoms with van der Waals surface area (Å²) >= 11 is 0. The zero-order chi connectivity index (χ0) is 20.4. The number of benzene rings is 4. The average molecular weight is 406 g/mol. The van der Waals surface area contributed by atoms with Gasteiger partial charge >= 0.3 is 0 Å². The Morgan fingerprint density at radius 2 is 1.21 bits per heavy atom. The number of nitrogens with one attached hydrogen (secondary N) is 1. The first-order chi connectivity index (χ1) is 13.9. The molecule has 0 fully saturated rings. The Kier molecular flexibility index (Phi) is 5.15. The molecule has 0 aliphatic carbocycles. The second kappa shape index (κ2) is 7.75. The molecule has 0 saturated heterocycles. The van der Waals surface area contributed by atoms with Gasteiger partial charge in [-0.3, -0.25) is 0 Å². The van der Waals surface area contributed by atoms with Gasteiger partial charge in [-0.15, -0.1) is 10.2 Å². The Morgan fingerprint density at radius 3 is 1.90 bits per heavy atom. The van der Waals surface area contributed by atoms with Crippen molar-refractivity contribution in [3.63, 3.8) is 0 Å². The number of pyridine rings is 1. The highest BCUT2D eigenvalue weighted by Gasteiger charge is 2.12. The Morgan fingerprint density at radius 1 is 0.586 bits per heavy atom. The van der Waals surface area contributed by atoms with Crippen molar-refractivity contribution in [2.45, 2.75) is 0 Å². The summed E-state index contributed by atoms with van der Waals surface area (Å²) in [7, 11) is -4.94. The molecule has 4 aromatic carbocycles. The fraction of sp³-hybridized carbons (Fsp3) is 0. The van der Waals surface area contributed by atoms with E-state index in [0.717, 1.165) is 5.69 Å². The molecule has 0 bridgehead atoms. The Hall–Kier alpha value is -3.06. The van der Waals surface area contributed by atoms with Crippen molar-refractivity contribution in [3.05, 3.63) is 91.1 Å². The number of rotatable bonds is 1. The quantitative estimate of drug-likeness (QED) is 0.304. The Labute approximate surface area is 168 Å². The van der Waals surface area contributed by atoms with Gasteiger partial charge in [0.2, 0.25) is 5.69 Å². The number of aromatic amines is 1. The third-order valence-corrected chi connectivity index (χ3v) is 4.73. The lowest BCUT2D eigenvalue weighted by Crippen LogP contribution is -2.68. The topological polar surface area (TPSA) is 106 Å². The summed E-state index contributed by atoms with van der Waals surface area (Å²) < 4.78 is 34.0. The first-order valence-corrected chi connectivity index (χ1v) is 10.1. The normalized spacial score (nSPS) is 11.4. The molecule has 5 rings (SSSR count). The van der Waals surface area contributed by atoms with E-state index in [-0.39, 0.29) is 0 Å². The molecule has 0 unspecified atom stereocenters. The van der Waals surface area contributed by atoms with E-state index in [1.165, 1.54) is 37.9 Å². The van der Waals surface area contributed by atoms with Crippen molar-refractivity contribution >= 4 is 32.3 Å². The summed E-state index contributed by atoms with van der Waals surface area (Å²) in [6, 6.07) is 30.4. The van der Waals surface area contributed by atoms with E-state index in [1.807, 2.05) is 12.3 Å². The lowest BCUT2D eigenvalue weighted by atomic mass is 9.94. The van der Waals surface area contributed by atoms with Crippen LogP contribution in [0.1, 0.15) is 0 Å². The van der Waals surface area contributed by atoms with Gasteiger partial charge in [0.25, 0.3) is 0 Å². The molecule has 0 aliphatic heterocycles. The maximum atomic E-state index is 8.49. The maximum Gasteiger partial charge on any atom is 0.211 e. The Balaban J connectivity index is 0.000000369.